The zero-order chi connectivity index (χ0) is 11.5. The fraction of sp³-hybridized carbons (Fsp3) is 0.917. The van der Waals surface area contributed by atoms with Crippen LogP contribution in [-0.2, 0) is 0 Å². The van der Waals surface area contributed by atoms with Crippen LogP contribution in [0.2, 0.25) is 0 Å². The third-order valence-electron chi connectivity index (χ3n) is 3.78. The molecule has 1 saturated carbocycles. The summed E-state index contributed by atoms with van der Waals surface area (Å²) in [5.41, 5.74) is 5.97. The van der Waals surface area contributed by atoms with Gasteiger partial charge in [-0.25, -0.2) is 0 Å². The molecule has 1 aliphatic carbocycles. The zero-order valence-corrected chi connectivity index (χ0v) is 13.3. The Labute approximate surface area is 122 Å². The number of guanidine groups is 1. The summed E-state index contributed by atoms with van der Waals surface area (Å²) >= 11 is 0. The maximum absolute atomic E-state index is 5.97. The average molecular weight is 352 g/mol. The van der Waals surface area contributed by atoms with Gasteiger partial charge < -0.3 is 15.5 Å². The molecule has 0 aromatic heterocycles. The molecule has 5 heteroatoms. The van der Waals surface area contributed by atoms with Crippen LogP contribution in [0.3, 0.4) is 0 Å². The van der Waals surface area contributed by atoms with E-state index in [9.17, 15) is 0 Å². The lowest BCUT2D eigenvalue weighted by Gasteiger charge is -2.18. The van der Waals surface area contributed by atoms with Crippen molar-refractivity contribution in [3.8, 4) is 0 Å². The molecule has 1 aliphatic heterocycles. The van der Waals surface area contributed by atoms with E-state index < -0.39 is 0 Å². The van der Waals surface area contributed by atoms with Gasteiger partial charge >= 0.3 is 0 Å². The van der Waals surface area contributed by atoms with Gasteiger partial charge in [-0.15, -0.1) is 24.0 Å². The first-order valence-electron chi connectivity index (χ1n) is 6.45. The normalized spacial score (nSPS) is 25.8. The van der Waals surface area contributed by atoms with Crippen LogP contribution < -0.4 is 5.73 Å². The van der Waals surface area contributed by atoms with E-state index in [1.54, 1.807) is 0 Å². The van der Waals surface area contributed by atoms with Crippen molar-refractivity contribution in [2.75, 3.05) is 33.2 Å². The molecule has 1 unspecified atom stereocenters. The summed E-state index contributed by atoms with van der Waals surface area (Å²) in [5.74, 6) is 1.45. The Kier molecular flexibility index (Phi) is 5.99. The highest BCUT2D eigenvalue weighted by Crippen LogP contribution is 2.25. The zero-order valence-electron chi connectivity index (χ0n) is 10.9. The van der Waals surface area contributed by atoms with Crippen LogP contribution in [0.4, 0.5) is 0 Å². The highest BCUT2D eigenvalue weighted by molar-refractivity contribution is 14.0. The largest absolute Gasteiger partial charge is 0.370 e. The molecule has 0 radical (unpaired) electrons. The average Bonchev–Trinajstić information content (AvgIpc) is 3.04. The standard InChI is InChI=1S/C12H24N4.HI/c1-3-16-7-6-10(9-16)8-14-12(13)15(2)11-4-5-11;/h10-11H,3-9H2,1-2H3,(H2,13,14);1H. The molecule has 1 saturated heterocycles. The van der Waals surface area contributed by atoms with Crippen molar-refractivity contribution in [1.29, 1.82) is 0 Å². The molecule has 0 amide bonds. The number of hydrogen-bond acceptors (Lipinski definition) is 2. The minimum Gasteiger partial charge on any atom is -0.370 e. The van der Waals surface area contributed by atoms with Crippen molar-refractivity contribution >= 4 is 29.9 Å². The molecule has 17 heavy (non-hydrogen) atoms. The minimum atomic E-state index is 0. The van der Waals surface area contributed by atoms with E-state index in [0.717, 1.165) is 19.0 Å². The maximum atomic E-state index is 5.97. The van der Waals surface area contributed by atoms with Crippen molar-refractivity contribution in [2.45, 2.75) is 32.2 Å². The van der Waals surface area contributed by atoms with Crippen molar-refractivity contribution in [1.82, 2.24) is 9.80 Å². The number of aliphatic imine (C=N–C) groups is 1. The Morgan fingerprint density at radius 1 is 1.41 bits per heavy atom. The van der Waals surface area contributed by atoms with Gasteiger partial charge in [-0.3, -0.25) is 4.99 Å². The van der Waals surface area contributed by atoms with Crippen molar-refractivity contribution in [3.05, 3.63) is 0 Å². The number of rotatable bonds is 4. The Hall–Kier alpha value is -0.0400. The second-order valence-electron chi connectivity index (χ2n) is 5.09. The van der Waals surface area contributed by atoms with Crippen LogP contribution in [0.15, 0.2) is 4.99 Å². The van der Waals surface area contributed by atoms with E-state index in [0.29, 0.717) is 12.0 Å². The Balaban J connectivity index is 0.00000144. The third kappa shape index (κ3) is 4.28. The number of nitrogens with two attached hydrogens (primary N) is 1. The Morgan fingerprint density at radius 3 is 2.65 bits per heavy atom. The fourth-order valence-corrected chi connectivity index (χ4v) is 2.33. The van der Waals surface area contributed by atoms with Gasteiger partial charge in [-0.2, -0.15) is 0 Å². The van der Waals surface area contributed by atoms with Crippen LogP contribution in [-0.4, -0.2) is 55.0 Å². The highest BCUT2D eigenvalue weighted by Gasteiger charge is 2.27. The van der Waals surface area contributed by atoms with Crippen molar-refractivity contribution in [3.63, 3.8) is 0 Å². The van der Waals surface area contributed by atoms with E-state index in [1.165, 1.54) is 32.4 Å². The second-order valence-corrected chi connectivity index (χ2v) is 5.09. The van der Waals surface area contributed by atoms with Gasteiger partial charge in [-0.1, -0.05) is 6.92 Å². The Bertz CT molecular complexity index is 265. The molecule has 1 atom stereocenters. The third-order valence-corrected chi connectivity index (χ3v) is 3.78. The van der Waals surface area contributed by atoms with Crippen LogP contribution in [0, 0.1) is 5.92 Å². The Morgan fingerprint density at radius 2 is 2.12 bits per heavy atom. The molecule has 0 bridgehead atoms. The van der Waals surface area contributed by atoms with E-state index in [1.807, 2.05) is 0 Å². The molecule has 2 fully saturated rings. The number of hydrogen-bond donors (Lipinski definition) is 1. The van der Waals surface area contributed by atoms with Gasteiger partial charge in [0.2, 0.25) is 0 Å². The summed E-state index contributed by atoms with van der Waals surface area (Å²) in [4.78, 5) is 9.15. The first-order valence-corrected chi connectivity index (χ1v) is 6.45. The van der Waals surface area contributed by atoms with Gasteiger partial charge in [0, 0.05) is 26.2 Å². The molecule has 4 nitrogen and oxygen atoms in total. The SMILES string of the molecule is CCN1CCC(CN=C(N)N(C)C2CC2)C1.I. The van der Waals surface area contributed by atoms with Crippen LogP contribution in [0.5, 0.6) is 0 Å². The maximum Gasteiger partial charge on any atom is 0.191 e. The van der Waals surface area contributed by atoms with E-state index in [2.05, 4.69) is 28.8 Å². The summed E-state index contributed by atoms with van der Waals surface area (Å²) in [6.45, 7) is 6.72. The van der Waals surface area contributed by atoms with Gasteiger partial charge in [0.05, 0.1) is 0 Å². The van der Waals surface area contributed by atoms with Crippen LogP contribution in [0.1, 0.15) is 26.2 Å². The fourth-order valence-electron chi connectivity index (χ4n) is 2.33. The smallest absolute Gasteiger partial charge is 0.191 e. The van der Waals surface area contributed by atoms with Gasteiger partial charge in [0.25, 0.3) is 0 Å². The predicted molar refractivity (Wildman–Crippen MR) is 82.9 cm³/mol. The summed E-state index contributed by atoms with van der Waals surface area (Å²) in [6.07, 6.45) is 3.83. The molecule has 100 valence electrons. The molecule has 2 N–H and O–H groups in total. The first-order chi connectivity index (χ1) is 7.70. The van der Waals surface area contributed by atoms with Crippen LogP contribution in [0.25, 0.3) is 0 Å². The number of likely N-dealkylation sites (tertiary alicyclic amines) is 1. The van der Waals surface area contributed by atoms with Gasteiger partial charge in [-0.05, 0) is 38.3 Å². The molecule has 1 heterocycles. The lowest BCUT2D eigenvalue weighted by molar-refractivity contribution is 0.343. The molecular weight excluding hydrogens is 327 g/mol. The lowest BCUT2D eigenvalue weighted by atomic mass is 10.1. The molecule has 2 aliphatic rings. The number of halogens is 1. The molecular formula is C12H25IN4. The molecule has 0 aromatic carbocycles. The minimum absolute atomic E-state index is 0. The summed E-state index contributed by atoms with van der Waals surface area (Å²) in [6, 6.07) is 0.666. The van der Waals surface area contributed by atoms with E-state index >= 15 is 0 Å². The number of nitrogens with zero attached hydrogens (tertiary/aromatic N) is 3. The van der Waals surface area contributed by atoms with Crippen molar-refractivity contribution < 1.29 is 0 Å². The second kappa shape index (κ2) is 6.78. The van der Waals surface area contributed by atoms with E-state index in [4.69, 9.17) is 5.73 Å². The molecule has 2 rings (SSSR count). The van der Waals surface area contributed by atoms with Gasteiger partial charge in [0.1, 0.15) is 0 Å². The highest BCUT2D eigenvalue weighted by atomic mass is 127. The monoisotopic (exact) mass is 352 g/mol. The first kappa shape index (κ1) is 15.0. The van der Waals surface area contributed by atoms with Crippen molar-refractivity contribution in [2.24, 2.45) is 16.6 Å². The molecule has 0 aromatic rings. The predicted octanol–water partition coefficient (Wildman–Crippen LogP) is 1.36. The van der Waals surface area contributed by atoms with Crippen LogP contribution >= 0.6 is 24.0 Å². The summed E-state index contributed by atoms with van der Waals surface area (Å²) in [7, 11) is 2.06. The van der Waals surface area contributed by atoms with Gasteiger partial charge in [0.15, 0.2) is 5.96 Å². The lowest BCUT2D eigenvalue weighted by Crippen LogP contribution is -2.36. The topological polar surface area (TPSA) is 44.9 Å². The molecule has 0 spiro atoms. The summed E-state index contributed by atoms with van der Waals surface area (Å²) in [5, 5.41) is 0. The van der Waals surface area contributed by atoms with E-state index in [-0.39, 0.29) is 24.0 Å². The summed E-state index contributed by atoms with van der Waals surface area (Å²) < 4.78 is 0. The quantitative estimate of drug-likeness (QED) is 0.472.